The molecule has 0 saturated heterocycles. The first-order valence-electron chi connectivity index (χ1n) is 7.45. The lowest BCUT2D eigenvalue weighted by molar-refractivity contribution is -0.380. The minimum absolute atomic E-state index is 0.00668. The molecule has 1 amide bonds. The van der Waals surface area contributed by atoms with E-state index in [-0.39, 0.29) is 20.6 Å². The average molecular weight is 404 g/mol. The van der Waals surface area contributed by atoms with Crippen molar-refractivity contribution in [3.63, 3.8) is 0 Å². The molecule has 0 unspecified atom stereocenters. The number of thiazole rings is 1. The fourth-order valence-corrected chi connectivity index (χ4v) is 3.77. The molecule has 0 spiro atoms. The van der Waals surface area contributed by atoms with Gasteiger partial charge in [0.2, 0.25) is 0 Å². The Morgan fingerprint density at radius 1 is 1.07 bits per heavy atom. The summed E-state index contributed by atoms with van der Waals surface area (Å²) in [5.41, 5.74) is 0.608. The lowest BCUT2D eigenvalue weighted by Gasteiger charge is -2.08. The van der Waals surface area contributed by atoms with Crippen LogP contribution in [0.2, 0.25) is 0 Å². The van der Waals surface area contributed by atoms with Crippen LogP contribution >= 0.6 is 11.3 Å². The summed E-state index contributed by atoms with van der Waals surface area (Å²) in [5.74, 6) is -0.556. The van der Waals surface area contributed by atoms with Gasteiger partial charge >= 0.3 is 5.00 Å². The van der Waals surface area contributed by atoms with Crippen LogP contribution in [0, 0.1) is 10.1 Å². The van der Waals surface area contributed by atoms with Crippen molar-refractivity contribution in [1.29, 1.82) is 0 Å². The zero-order valence-electron chi connectivity index (χ0n) is 13.5. The Kier molecular flexibility index (Phi) is 5.14. The largest absolute Gasteiger partial charge is 0.345 e. The predicted octanol–water partition coefficient (Wildman–Crippen LogP) is 3.10. The van der Waals surface area contributed by atoms with Gasteiger partial charge in [-0.2, -0.15) is 0 Å². The Morgan fingerprint density at radius 2 is 1.74 bits per heavy atom. The Morgan fingerprint density at radius 3 is 2.33 bits per heavy atom. The van der Waals surface area contributed by atoms with Gasteiger partial charge in [0.05, 0.1) is 9.82 Å². The summed E-state index contributed by atoms with van der Waals surface area (Å²) in [7, 11) is -3.79. The van der Waals surface area contributed by atoms with E-state index < -0.39 is 20.9 Å². The molecule has 2 N–H and O–H groups in total. The number of nitrogens with one attached hydrogen (secondary N) is 2. The van der Waals surface area contributed by atoms with Gasteiger partial charge in [0.25, 0.3) is 15.9 Å². The summed E-state index contributed by atoms with van der Waals surface area (Å²) in [6.45, 7) is 0. The molecule has 0 aliphatic heterocycles. The fourth-order valence-electron chi connectivity index (χ4n) is 2.08. The molecule has 0 fully saturated rings. The molecular weight excluding hydrogens is 392 g/mol. The monoisotopic (exact) mass is 404 g/mol. The van der Waals surface area contributed by atoms with Gasteiger partial charge in [-0.15, -0.1) is 0 Å². The Labute approximate surface area is 157 Å². The van der Waals surface area contributed by atoms with Crippen molar-refractivity contribution in [3.05, 3.63) is 76.5 Å². The molecule has 3 rings (SSSR count). The number of benzene rings is 2. The maximum absolute atomic E-state index is 12.4. The van der Waals surface area contributed by atoms with Gasteiger partial charge in [-0.25, -0.2) is 13.4 Å². The Hall–Kier alpha value is -3.31. The standard InChI is InChI=1S/C16H12N4O5S2/c21-15(18-16-17-10-14(26-16)20(22)23)11-6-8-13(9-7-11)27(24,25)19-12-4-2-1-3-5-12/h1-10,19H,(H,17,18,21). The first kappa shape index (κ1) is 18.5. The van der Waals surface area contributed by atoms with Gasteiger partial charge in [-0.05, 0) is 47.7 Å². The lowest BCUT2D eigenvalue weighted by atomic mass is 10.2. The predicted molar refractivity (Wildman–Crippen MR) is 100 cm³/mol. The maximum atomic E-state index is 12.4. The topological polar surface area (TPSA) is 131 Å². The number of aromatic nitrogens is 1. The molecule has 27 heavy (non-hydrogen) atoms. The zero-order chi connectivity index (χ0) is 19.4. The molecule has 0 atom stereocenters. The highest BCUT2D eigenvalue weighted by Crippen LogP contribution is 2.25. The summed E-state index contributed by atoms with van der Waals surface area (Å²) < 4.78 is 27.1. The Bertz CT molecular complexity index is 1080. The van der Waals surface area contributed by atoms with Gasteiger partial charge in [-0.1, -0.05) is 18.2 Å². The first-order chi connectivity index (χ1) is 12.8. The van der Waals surface area contributed by atoms with Crippen LogP contribution in [0.5, 0.6) is 0 Å². The van der Waals surface area contributed by atoms with Crippen LogP contribution in [0.25, 0.3) is 0 Å². The third-order valence-electron chi connectivity index (χ3n) is 3.35. The van der Waals surface area contributed by atoms with Crippen molar-refractivity contribution in [2.24, 2.45) is 0 Å². The van der Waals surface area contributed by atoms with Crippen LogP contribution in [0.1, 0.15) is 10.4 Å². The fraction of sp³-hybridized carbons (Fsp3) is 0. The minimum atomic E-state index is -3.79. The summed E-state index contributed by atoms with van der Waals surface area (Å²) in [6.07, 6.45) is 1.05. The van der Waals surface area contributed by atoms with E-state index >= 15 is 0 Å². The number of anilines is 2. The summed E-state index contributed by atoms with van der Waals surface area (Å²) >= 11 is 0.725. The van der Waals surface area contributed by atoms with Gasteiger partial charge in [0, 0.05) is 11.3 Å². The van der Waals surface area contributed by atoms with Crippen molar-refractivity contribution in [3.8, 4) is 0 Å². The number of sulfonamides is 1. The molecule has 0 saturated carbocycles. The van der Waals surface area contributed by atoms with Crippen LogP contribution in [0.4, 0.5) is 15.8 Å². The molecule has 0 aliphatic carbocycles. The van der Waals surface area contributed by atoms with Crippen LogP contribution in [-0.4, -0.2) is 24.2 Å². The molecule has 1 heterocycles. The highest BCUT2D eigenvalue weighted by molar-refractivity contribution is 7.92. The van der Waals surface area contributed by atoms with E-state index in [9.17, 15) is 23.3 Å². The molecule has 0 radical (unpaired) electrons. The quantitative estimate of drug-likeness (QED) is 0.479. The van der Waals surface area contributed by atoms with Crippen molar-refractivity contribution in [2.45, 2.75) is 4.90 Å². The van der Waals surface area contributed by atoms with E-state index in [1.54, 1.807) is 30.3 Å². The second-order valence-electron chi connectivity index (χ2n) is 5.21. The number of rotatable bonds is 6. The van der Waals surface area contributed by atoms with Crippen LogP contribution in [0.15, 0.2) is 65.7 Å². The zero-order valence-corrected chi connectivity index (χ0v) is 15.2. The summed E-state index contributed by atoms with van der Waals surface area (Å²) in [5, 5.41) is 12.9. The molecule has 138 valence electrons. The van der Waals surface area contributed by atoms with Crippen molar-refractivity contribution in [1.82, 2.24) is 4.98 Å². The SMILES string of the molecule is O=C(Nc1ncc([N+](=O)[O-])s1)c1ccc(S(=O)(=O)Nc2ccccc2)cc1. The second-order valence-corrected chi connectivity index (χ2v) is 7.90. The number of nitro groups is 1. The van der Waals surface area contributed by atoms with E-state index in [0.29, 0.717) is 5.69 Å². The van der Waals surface area contributed by atoms with Gasteiger partial charge < -0.3 is 0 Å². The molecule has 1 aromatic heterocycles. The van der Waals surface area contributed by atoms with Gasteiger partial charge in [0.1, 0.15) is 6.20 Å². The average Bonchev–Trinajstić information content (AvgIpc) is 3.11. The maximum Gasteiger partial charge on any atom is 0.345 e. The van der Waals surface area contributed by atoms with E-state index in [4.69, 9.17) is 0 Å². The second kappa shape index (κ2) is 7.51. The van der Waals surface area contributed by atoms with Crippen molar-refractivity contribution < 1.29 is 18.1 Å². The molecule has 0 aliphatic rings. The Balaban J connectivity index is 1.72. The van der Waals surface area contributed by atoms with Crippen molar-refractivity contribution in [2.75, 3.05) is 10.0 Å². The molecule has 11 heteroatoms. The van der Waals surface area contributed by atoms with Crippen LogP contribution in [0.3, 0.4) is 0 Å². The normalized spacial score (nSPS) is 11.0. The molecular formula is C16H12N4O5S2. The molecule has 3 aromatic rings. The number of para-hydroxylation sites is 1. The molecule has 9 nitrogen and oxygen atoms in total. The summed E-state index contributed by atoms with van der Waals surface area (Å²) in [6, 6.07) is 13.7. The van der Waals surface area contributed by atoms with E-state index in [1.807, 2.05) is 0 Å². The number of carbonyl (C=O) groups excluding carboxylic acids is 1. The highest BCUT2D eigenvalue weighted by atomic mass is 32.2. The lowest BCUT2D eigenvalue weighted by Crippen LogP contribution is -2.14. The van der Waals surface area contributed by atoms with Crippen molar-refractivity contribution >= 4 is 43.1 Å². The molecule has 0 bridgehead atoms. The molecule has 2 aromatic carbocycles. The number of nitrogens with zero attached hydrogens (tertiary/aromatic N) is 2. The number of amides is 1. The third kappa shape index (κ3) is 4.46. The van der Waals surface area contributed by atoms with Crippen LogP contribution < -0.4 is 10.0 Å². The first-order valence-corrected chi connectivity index (χ1v) is 9.74. The number of hydrogen-bond acceptors (Lipinski definition) is 7. The van der Waals surface area contributed by atoms with E-state index in [1.165, 1.54) is 24.3 Å². The number of hydrogen-bond donors (Lipinski definition) is 2. The smallest absolute Gasteiger partial charge is 0.298 e. The van der Waals surface area contributed by atoms with Crippen LogP contribution in [-0.2, 0) is 10.0 Å². The van der Waals surface area contributed by atoms with E-state index in [0.717, 1.165) is 17.5 Å². The minimum Gasteiger partial charge on any atom is -0.298 e. The highest BCUT2D eigenvalue weighted by Gasteiger charge is 2.17. The summed E-state index contributed by atoms with van der Waals surface area (Å²) in [4.78, 5) is 25.9. The van der Waals surface area contributed by atoms with Gasteiger partial charge in [0.15, 0.2) is 5.13 Å². The number of carbonyl (C=O) groups is 1. The van der Waals surface area contributed by atoms with E-state index in [2.05, 4.69) is 15.0 Å². The third-order valence-corrected chi connectivity index (χ3v) is 5.61. The van der Waals surface area contributed by atoms with Gasteiger partial charge in [-0.3, -0.25) is 24.9 Å².